The highest BCUT2D eigenvalue weighted by Gasteiger charge is 2.28. The molecule has 2 atom stereocenters. The minimum absolute atomic E-state index is 0.329. The molecule has 5 heteroatoms. The molecule has 5 nitrogen and oxygen atoms in total. The number of carbonyl (C=O) groups excluding carboxylic acids is 1. The molecule has 1 heterocycles. The van der Waals surface area contributed by atoms with Gasteiger partial charge in [-0.25, -0.2) is 0 Å². The van der Waals surface area contributed by atoms with Crippen molar-refractivity contribution in [1.82, 2.24) is 4.90 Å². The highest BCUT2D eigenvalue weighted by Crippen LogP contribution is 2.14. The van der Waals surface area contributed by atoms with Gasteiger partial charge in [0.15, 0.2) is 0 Å². The van der Waals surface area contributed by atoms with Gasteiger partial charge in [0.1, 0.15) is 5.54 Å². The van der Waals surface area contributed by atoms with E-state index in [1.807, 2.05) is 0 Å². The van der Waals surface area contributed by atoms with Gasteiger partial charge in [-0.05, 0) is 39.2 Å². The zero-order valence-corrected chi connectivity index (χ0v) is 12.5. The molecule has 1 fully saturated rings. The van der Waals surface area contributed by atoms with E-state index in [1.54, 1.807) is 6.92 Å². The molecule has 0 aliphatic carbocycles. The number of nitrogens with zero attached hydrogens (tertiary/aromatic N) is 1. The summed E-state index contributed by atoms with van der Waals surface area (Å²) in [6, 6.07) is 0. The van der Waals surface area contributed by atoms with E-state index in [9.17, 15) is 4.79 Å². The van der Waals surface area contributed by atoms with Crippen LogP contribution in [0.4, 0.5) is 0 Å². The van der Waals surface area contributed by atoms with E-state index in [2.05, 4.69) is 11.8 Å². The highest BCUT2D eigenvalue weighted by atomic mass is 16.5. The first-order chi connectivity index (χ1) is 8.99. The molecule has 112 valence electrons. The number of rotatable bonds is 7. The Bertz CT molecular complexity index is 282. The molecule has 0 aromatic carbocycles. The molecule has 2 N–H and O–H groups in total. The normalized spacial score (nSPS) is 23.9. The molecule has 1 aliphatic rings. The second-order valence-corrected chi connectivity index (χ2v) is 5.57. The smallest absolute Gasteiger partial charge is 0.325 e. The molecule has 1 saturated heterocycles. The van der Waals surface area contributed by atoms with Crippen LogP contribution in [0.25, 0.3) is 0 Å². The molecule has 0 aromatic rings. The van der Waals surface area contributed by atoms with Crippen molar-refractivity contribution in [2.24, 2.45) is 5.73 Å². The minimum Gasteiger partial charge on any atom is -0.468 e. The number of nitrogens with two attached hydrogens (primary N) is 1. The van der Waals surface area contributed by atoms with Crippen LogP contribution in [-0.2, 0) is 14.3 Å². The second kappa shape index (κ2) is 7.82. The summed E-state index contributed by atoms with van der Waals surface area (Å²) in [4.78, 5) is 13.9. The molecule has 19 heavy (non-hydrogen) atoms. The second-order valence-electron chi connectivity index (χ2n) is 5.57. The topological polar surface area (TPSA) is 64.8 Å². The van der Waals surface area contributed by atoms with E-state index in [0.29, 0.717) is 12.5 Å². The van der Waals surface area contributed by atoms with Crippen molar-refractivity contribution >= 4 is 5.97 Å². The number of unbranched alkanes of at least 4 members (excludes halogenated alkanes) is 1. The Hall–Kier alpha value is -0.650. The van der Waals surface area contributed by atoms with Crippen molar-refractivity contribution in [3.05, 3.63) is 0 Å². The summed E-state index contributed by atoms with van der Waals surface area (Å²) in [7, 11) is 1.38. The third kappa shape index (κ3) is 5.47. The van der Waals surface area contributed by atoms with Crippen molar-refractivity contribution < 1.29 is 14.3 Å². The van der Waals surface area contributed by atoms with Gasteiger partial charge in [-0.1, -0.05) is 6.92 Å². The average molecular weight is 272 g/mol. The van der Waals surface area contributed by atoms with E-state index >= 15 is 0 Å². The lowest BCUT2D eigenvalue weighted by Gasteiger charge is -2.32. The Labute approximate surface area is 116 Å². The van der Waals surface area contributed by atoms with Gasteiger partial charge in [0.05, 0.1) is 19.8 Å². The van der Waals surface area contributed by atoms with E-state index in [-0.39, 0.29) is 5.97 Å². The van der Waals surface area contributed by atoms with Crippen molar-refractivity contribution in [2.45, 2.75) is 51.2 Å². The number of hydrogen-bond donors (Lipinski definition) is 1. The maximum atomic E-state index is 11.4. The number of methoxy groups -OCH3 is 1. The third-order valence-electron chi connectivity index (χ3n) is 3.75. The maximum Gasteiger partial charge on any atom is 0.325 e. The van der Waals surface area contributed by atoms with Crippen LogP contribution in [0.15, 0.2) is 0 Å². The molecule has 0 amide bonds. The average Bonchev–Trinajstić information content (AvgIpc) is 2.43. The highest BCUT2D eigenvalue weighted by molar-refractivity contribution is 5.79. The largest absolute Gasteiger partial charge is 0.468 e. The Morgan fingerprint density at radius 1 is 1.53 bits per heavy atom. The van der Waals surface area contributed by atoms with Crippen LogP contribution in [-0.4, -0.2) is 55.9 Å². The number of hydrogen-bond acceptors (Lipinski definition) is 5. The van der Waals surface area contributed by atoms with Gasteiger partial charge in [0.25, 0.3) is 0 Å². The summed E-state index contributed by atoms with van der Waals surface area (Å²) in [5, 5.41) is 0. The lowest BCUT2D eigenvalue weighted by molar-refractivity contribution is -0.146. The lowest BCUT2D eigenvalue weighted by Crippen LogP contribution is -2.46. The van der Waals surface area contributed by atoms with Crippen LogP contribution in [0.3, 0.4) is 0 Å². The summed E-state index contributed by atoms with van der Waals surface area (Å²) in [5.41, 5.74) is 5.07. The van der Waals surface area contributed by atoms with E-state index in [0.717, 1.165) is 45.5 Å². The van der Waals surface area contributed by atoms with Crippen molar-refractivity contribution in [2.75, 3.05) is 33.4 Å². The number of morpholine rings is 1. The molecule has 0 spiro atoms. The fourth-order valence-electron chi connectivity index (χ4n) is 2.39. The minimum atomic E-state index is -0.855. The maximum absolute atomic E-state index is 11.4. The summed E-state index contributed by atoms with van der Waals surface area (Å²) >= 11 is 0. The Kier molecular flexibility index (Phi) is 6.75. The first-order valence-corrected chi connectivity index (χ1v) is 7.21. The molecule has 0 aromatic heterocycles. The van der Waals surface area contributed by atoms with E-state index in [4.69, 9.17) is 15.2 Å². The molecule has 1 aliphatic heterocycles. The zero-order chi connectivity index (χ0) is 14.3. The lowest BCUT2D eigenvalue weighted by atomic mass is 9.96. The molecule has 1 rings (SSSR count). The van der Waals surface area contributed by atoms with Crippen LogP contribution in [0.1, 0.15) is 39.5 Å². The van der Waals surface area contributed by atoms with Crippen molar-refractivity contribution in [3.63, 3.8) is 0 Å². The molecule has 0 radical (unpaired) electrons. The Morgan fingerprint density at radius 3 is 2.89 bits per heavy atom. The van der Waals surface area contributed by atoms with Gasteiger partial charge in [0, 0.05) is 13.1 Å². The quantitative estimate of drug-likeness (QED) is 0.556. The van der Waals surface area contributed by atoms with Crippen molar-refractivity contribution in [3.8, 4) is 0 Å². The number of ether oxygens (including phenoxy) is 2. The number of esters is 1. The predicted octanol–water partition coefficient (Wildman–Crippen LogP) is 1.16. The standard InChI is InChI=1S/C14H28N2O3/c1-4-12-11-16(9-10-19-12)8-6-5-7-14(2,15)13(17)18-3/h12H,4-11,15H2,1-3H3. The first-order valence-electron chi connectivity index (χ1n) is 7.21. The van der Waals surface area contributed by atoms with Crippen molar-refractivity contribution in [1.29, 1.82) is 0 Å². The monoisotopic (exact) mass is 272 g/mol. The SMILES string of the molecule is CCC1CN(CCCCC(C)(N)C(=O)OC)CCO1. The Balaban J connectivity index is 2.18. The molecule has 0 saturated carbocycles. The molecular formula is C14H28N2O3. The fourth-order valence-corrected chi connectivity index (χ4v) is 2.39. The molecule has 2 unspecified atom stereocenters. The van der Waals surface area contributed by atoms with Gasteiger partial charge < -0.3 is 15.2 Å². The van der Waals surface area contributed by atoms with Gasteiger partial charge in [-0.2, -0.15) is 0 Å². The Morgan fingerprint density at radius 2 is 2.26 bits per heavy atom. The molecule has 0 bridgehead atoms. The number of carbonyl (C=O) groups is 1. The summed E-state index contributed by atoms with van der Waals surface area (Å²) in [5.74, 6) is -0.329. The fraction of sp³-hybridized carbons (Fsp3) is 0.929. The van der Waals surface area contributed by atoms with E-state index in [1.165, 1.54) is 7.11 Å². The first kappa shape index (κ1) is 16.4. The third-order valence-corrected chi connectivity index (χ3v) is 3.75. The predicted molar refractivity (Wildman–Crippen MR) is 74.9 cm³/mol. The van der Waals surface area contributed by atoms with Crippen LogP contribution >= 0.6 is 0 Å². The van der Waals surface area contributed by atoms with Crippen LogP contribution in [0.2, 0.25) is 0 Å². The summed E-state index contributed by atoms with van der Waals surface area (Å²) in [6.07, 6.45) is 4.11. The summed E-state index contributed by atoms with van der Waals surface area (Å²) < 4.78 is 10.3. The molecular weight excluding hydrogens is 244 g/mol. The van der Waals surface area contributed by atoms with Gasteiger partial charge >= 0.3 is 5.97 Å². The van der Waals surface area contributed by atoms with Crippen LogP contribution < -0.4 is 5.73 Å². The van der Waals surface area contributed by atoms with Gasteiger partial charge in [-0.15, -0.1) is 0 Å². The summed E-state index contributed by atoms with van der Waals surface area (Å²) in [6.45, 7) is 7.80. The van der Waals surface area contributed by atoms with Gasteiger partial charge in [-0.3, -0.25) is 9.69 Å². The van der Waals surface area contributed by atoms with Crippen LogP contribution in [0, 0.1) is 0 Å². The van der Waals surface area contributed by atoms with Crippen LogP contribution in [0.5, 0.6) is 0 Å². The zero-order valence-electron chi connectivity index (χ0n) is 12.5. The van der Waals surface area contributed by atoms with Gasteiger partial charge in [0.2, 0.25) is 0 Å². The van der Waals surface area contributed by atoms with E-state index < -0.39 is 5.54 Å².